The number of hydrogen-bond donors (Lipinski definition) is 2. The highest BCUT2D eigenvalue weighted by Gasteiger charge is 2.18. The lowest BCUT2D eigenvalue weighted by Crippen LogP contribution is -2.38. The van der Waals surface area contributed by atoms with Crippen LogP contribution >= 0.6 is 0 Å². The fourth-order valence-corrected chi connectivity index (χ4v) is 2.88. The van der Waals surface area contributed by atoms with E-state index in [0.717, 1.165) is 28.7 Å². The van der Waals surface area contributed by atoms with Gasteiger partial charge in [-0.25, -0.2) is 0 Å². The number of para-hydroxylation sites is 1. The van der Waals surface area contributed by atoms with Crippen LogP contribution < -0.4 is 5.32 Å². The Morgan fingerprint density at radius 3 is 2.58 bits per heavy atom. The minimum absolute atomic E-state index is 0.428. The highest BCUT2D eigenvalue weighted by atomic mass is 16.4. The molecule has 24 heavy (non-hydrogen) atoms. The van der Waals surface area contributed by atoms with Crippen LogP contribution in [0.25, 0.3) is 10.9 Å². The molecule has 2 aromatic carbocycles. The largest absolute Gasteiger partial charge is 0.480 e. The lowest BCUT2D eigenvalue weighted by atomic mass is 10.1. The number of aryl methyl sites for hydroxylation is 1. The van der Waals surface area contributed by atoms with Crippen molar-refractivity contribution in [1.29, 1.82) is 0 Å². The topological polar surface area (TPSA) is 67.2 Å². The molecule has 5 nitrogen and oxygen atoms in total. The number of rotatable bonds is 7. The molecule has 5 heteroatoms. The third-order valence-electron chi connectivity index (χ3n) is 4.13. The maximum atomic E-state index is 11.6. The van der Waals surface area contributed by atoms with E-state index in [4.69, 9.17) is 0 Å². The van der Waals surface area contributed by atoms with E-state index in [1.807, 2.05) is 66.2 Å². The zero-order valence-electron chi connectivity index (χ0n) is 13.6. The van der Waals surface area contributed by atoms with Crippen molar-refractivity contribution in [3.05, 3.63) is 65.9 Å². The Morgan fingerprint density at radius 2 is 1.88 bits per heavy atom. The van der Waals surface area contributed by atoms with E-state index in [9.17, 15) is 9.90 Å². The average Bonchev–Trinajstić information content (AvgIpc) is 2.97. The van der Waals surface area contributed by atoms with E-state index < -0.39 is 12.0 Å². The van der Waals surface area contributed by atoms with Gasteiger partial charge in [-0.1, -0.05) is 48.5 Å². The lowest BCUT2D eigenvalue weighted by molar-refractivity contribution is -0.139. The van der Waals surface area contributed by atoms with Gasteiger partial charge in [0.2, 0.25) is 0 Å². The first-order valence-electron chi connectivity index (χ1n) is 8.13. The molecule has 2 N–H and O–H groups in total. The lowest BCUT2D eigenvalue weighted by Gasteiger charge is -2.14. The first-order valence-corrected chi connectivity index (χ1v) is 8.13. The zero-order valence-corrected chi connectivity index (χ0v) is 13.6. The number of carboxylic acids is 1. The second-order valence-corrected chi connectivity index (χ2v) is 5.74. The molecule has 1 heterocycles. The average molecular weight is 323 g/mol. The predicted molar refractivity (Wildman–Crippen MR) is 93.8 cm³/mol. The highest BCUT2D eigenvalue weighted by molar-refractivity contribution is 5.82. The van der Waals surface area contributed by atoms with E-state index in [1.165, 1.54) is 0 Å². The molecule has 0 saturated carbocycles. The molecule has 0 fully saturated rings. The molecule has 0 aliphatic carbocycles. The third kappa shape index (κ3) is 3.46. The zero-order chi connectivity index (χ0) is 16.9. The van der Waals surface area contributed by atoms with Gasteiger partial charge in [0.1, 0.15) is 6.04 Å². The molecule has 0 saturated heterocycles. The molecule has 1 atom stereocenters. The standard InChI is InChI=1S/C19H21N3O2/c1-2-22-18-11-7-6-10-15(18)17(21-22)13-20-16(19(23)24)12-14-8-4-3-5-9-14/h3-11,16,20H,2,12-13H2,1H3,(H,23,24)/t16-/m0/s1. The van der Waals surface area contributed by atoms with Gasteiger partial charge in [0.15, 0.2) is 0 Å². The van der Waals surface area contributed by atoms with E-state index >= 15 is 0 Å². The van der Waals surface area contributed by atoms with Gasteiger partial charge in [-0.2, -0.15) is 5.10 Å². The Balaban J connectivity index is 1.77. The van der Waals surface area contributed by atoms with Crippen molar-refractivity contribution in [2.24, 2.45) is 0 Å². The Morgan fingerprint density at radius 1 is 1.17 bits per heavy atom. The molecule has 124 valence electrons. The minimum atomic E-state index is -0.849. The van der Waals surface area contributed by atoms with Crippen LogP contribution in [-0.4, -0.2) is 26.9 Å². The summed E-state index contributed by atoms with van der Waals surface area (Å²) in [7, 11) is 0. The fourth-order valence-electron chi connectivity index (χ4n) is 2.88. The number of carbonyl (C=O) groups is 1. The number of hydrogen-bond acceptors (Lipinski definition) is 3. The van der Waals surface area contributed by atoms with Crippen molar-refractivity contribution in [3.63, 3.8) is 0 Å². The van der Waals surface area contributed by atoms with E-state index in [1.54, 1.807) is 0 Å². The number of carboxylic acid groups (broad SMARTS) is 1. The number of aromatic nitrogens is 2. The highest BCUT2D eigenvalue weighted by Crippen LogP contribution is 2.18. The number of aliphatic carboxylic acids is 1. The van der Waals surface area contributed by atoms with E-state index in [-0.39, 0.29) is 0 Å². The Hall–Kier alpha value is -2.66. The van der Waals surface area contributed by atoms with Crippen molar-refractivity contribution < 1.29 is 9.90 Å². The summed E-state index contributed by atoms with van der Waals surface area (Å²) < 4.78 is 1.94. The van der Waals surface area contributed by atoms with Gasteiger partial charge in [-0.15, -0.1) is 0 Å². The maximum Gasteiger partial charge on any atom is 0.321 e. The summed E-state index contributed by atoms with van der Waals surface area (Å²) in [5.74, 6) is -0.849. The monoisotopic (exact) mass is 323 g/mol. The first kappa shape index (κ1) is 16.2. The van der Waals surface area contributed by atoms with Crippen molar-refractivity contribution in [2.75, 3.05) is 0 Å². The molecular weight excluding hydrogens is 302 g/mol. The van der Waals surface area contributed by atoms with Crippen molar-refractivity contribution in [3.8, 4) is 0 Å². The summed E-state index contributed by atoms with van der Waals surface area (Å²) in [5.41, 5.74) is 2.96. The third-order valence-corrected chi connectivity index (χ3v) is 4.13. The van der Waals surface area contributed by atoms with Gasteiger partial charge in [0.05, 0.1) is 11.2 Å². The van der Waals surface area contributed by atoms with Crippen molar-refractivity contribution in [1.82, 2.24) is 15.1 Å². The quantitative estimate of drug-likeness (QED) is 0.701. The van der Waals surface area contributed by atoms with Crippen LogP contribution in [0, 0.1) is 0 Å². The molecule has 0 radical (unpaired) electrons. The van der Waals surface area contributed by atoms with Crippen LogP contribution in [0.15, 0.2) is 54.6 Å². The molecule has 0 unspecified atom stereocenters. The van der Waals surface area contributed by atoms with E-state index in [2.05, 4.69) is 10.4 Å². The molecule has 0 aliphatic rings. The van der Waals surface area contributed by atoms with Crippen LogP contribution in [0.1, 0.15) is 18.2 Å². The number of nitrogens with zero attached hydrogens (tertiary/aromatic N) is 2. The molecular formula is C19H21N3O2. The number of nitrogens with one attached hydrogen (secondary N) is 1. The van der Waals surface area contributed by atoms with Gasteiger partial charge in [-0.3, -0.25) is 14.8 Å². The van der Waals surface area contributed by atoms with Gasteiger partial charge in [0.25, 0.3) is 0 Å². The molecule has 1 aromatic heterocycles. The summed E-state index contributed by atoms with van der Waals surface area (Å²) in [6, 6.07) is 17.0. The second-order valence-electron chi connectivity index (χ2n) is 5.74. The smallest absolute Gasteiger partial charge is 0.321 e. The molecule has 3 rings (SSSR count). The van der Waals surface area contributed by atoms with Gasteiger partial charge < -0.3 is 5.11 Å². The summed E-state index contributed by atoms with van der Waals surface area (Å²) in [5, 5.41) is 18.3. The van der Waals surface area contributed by atoms with Crippen LogP contribution in [0.2, 0.25) is 0 Å². The Kier molecular flexibility index (Phi) is 4.91. The van der Waals surface area contributed by atoms with Crippen LogP contribution in [0.4, 0.5) is 0 Å². The SMILES string of the molecule is CCn1nc(CN[C@@H](Cc2ccccc2)C(=O)O)c2ccccc21. The van der Waals surface area contributed by atoms with Crippen molar-refractivity contribution >= 4 is 16.9 Å². The fraction of sp³-hybridized carbons (Fsp3) is 0.263. The van der Waals surface area contributed by atoms with Crippen LogP contribution in [-0.2, 0) is 24.3 Å². The maximum absolute atomic E-state index is 11.6. The second kappa shape index (κ2) is 7.27. The molecule has 3 aromatic rings. The summed E-state index contributed by atoms with van der Waals surface area (Å²) in [6.07, 6.45) is 0.447. The first-order chi connectivity index (χ1) is 11.7. The number of benzene rings is 2. The molecule has 0 bridgehead atoms. The van der Waals surface area contributed by atoms with Crippen molar-refractivity contribution in [2.45, 2.75) is 32.5 Å². The summed E-state index contributed by atoms with van der Waals surface area (Å²) in [4.78, 5) is 11.6. The normalized spacial score (nSPS) is 12.4. The Bertz CT molecular complexity index is 827. The minimum Gasteiger partial charge on any atom is -0.480 e. The van der Waals surface area contributed by atoms with E-state index in [0.29, 0.717) is 13.0 Å². The summed E-state index contributed by atoms with van der Waals surface area (Å²) in [6.45, 7) is 3.26. The number of fused-ring (bicyclic) bond motifs is 1. The van der Waals surface area contributed by atoms with Crippen LogP contribution in [0.3, 0.4) is 0 Å². The Labute approximate surface area is 140 Å². The van der Waals surface area contributed by atoms with Gasteiger partial charge in [0, 0.05) is 18.5 Å². The van der Waals surface area contributed by atoms with Gasteiger partial charge in [-0.05, 0) is 25.0 Å². The molecule has 0 aliphatic heterocycles. The molecule has 0 spiro atoms. The predicted octanol–water partition coefficient (Wildman–Crippen LogP) is 2.84. The summed E-state index contributed by atoms with van der Waals surface area (Å²) >= 11 is 0. The van der Waals surface area contributed by atoms with Gasteiger partial charge >= 0.3 is 5.97 Å². The van der Waals surface area contributed by atoms with Crippen LogP contribution in [0.5, 0.6) is 0 Å². The molecule has 0 amide bonds.